The number of aliphatic hydroxyl groups is 1. The fourth-order valence-corrected chi connectivity index (χ4v) is 4.89. The van der Waals surface area contributed by atoms with E-state index in [2.05, 4.69) is 26.8 Å². The highest BCUT2D eigenvalue weighted by Crippen LogP contribution is 2.58. The van der Waals surface area contributed by atoms with Crippen LogP contribution >= 0.6 is 0 Å². The molecule has 0 aromatic rings. The molecule has 0 heterocycles. The van der Waals surface area contributed by atoms with Gasteiger partial charge in [-0.15, -0.1) is 0 Å². The maximum atomic E-state index is 11.9. The van der Waals surface area contributed by atoms with Crippen molar-refractivity contribution in [1.29, 1.82) is 0 Å². The highest BCUT2D eigenvalue weighted by molar-refractivity contribution is 5.78. The number of carboxylic acids is 1. The Morgan fingerprint density at radius 3 is 2.70 bits per heavy atom. The molecule has 3 nitrogen and oxygen atoms in total. The molecule has 23 heavy (non-hydrogen) atoms. The second kappa shape index (κ2) is 6.96. The van der Waals surface area contributed by atoms with Crippen LogP contribution in [0.25, 0.3) is 0 Å². The summed E-state index contributed by atoms with van der Waals surface area (Å²) in [5, 5.41) is 18.9. The van der Waals surface area contributed by atoms with Crippen molar-refractivity contribution in [2.24, 2.45) is 28.6 Å². The average Bonchev–Trinajstić information content (AvgIpc) is 2.50. The van der Waals surface area contributed by atoms with Crippen LogP contribution in [0.5, 0.6) is 0 Å². The maximum absolute atomic E-state index is 11.9. The van der Waals surface area contributed by atoms with Gasteiger partial charge < -0.3 is 10.2 Å². The molecular weight excluding hydrogens is 288 g/mol. The number of rotatable bonds is 6. The Labute approximate surface area is 141 Å². The fraction of sp³-hybridized carbons (Fsp3) is 0.850. The monoisotopic (exact) mass is 322 g/mol. The second-order valence-electron chi connectivity index (χ2n) is 8.54. The van der Waals surface area contributed by atoms with Gasteiger partial charge in [0, 0.05) is 6.61 Å². The number of fused-ring (bicyclic) bond motifs is 1. The summed E-state index contributed by atoms with van der Waals surface area (Å²) >= 11 is 0. The van der Waals surface area contributed by atoms with Gasteiger partial charge in [-0.05, 0) is 62.2 Å². The number of aliphatic carboxylic acids is 1. The van der Waals surface area contributed by atoms with Gasteiger partial charge in [0.2, 0.25) is 0 Å². The number of carbonyl (C=O) groups is 1. The Balaban J connectivity index is 2.24. The van der Waals surface area contributed by atoms with Gasteiger partial charge in [0.1, 0.15) is 0 Å². The quantitative estimate of drug-likeness (QED) is 0.700. The van der Waals surface area contributed by atoms with E-state index in [0.29, 0.717) is 17.8 Å². The maximum Gasteiger partial charge on any atom is 0.313 e. The van der Waals surface area contributed by atoms with Crippen molar-refractivity contribution in [3.05, 3.63) is 11.6 Å². The summed E-state index contributed by atoms with van der Waals surface area (Å²) in [5.41, 5.74) is 0.720. The summed E-state index contributed by atoms with van der Waals surface area (Å²) in [6.07, 6.45) is 9.28. The van der Waals surface area contributed by atoms with E-state index < -0.39 is 11.4 Å². The first-order chi connectivity index (χ1) is 10.8. The van der Waals surface area contributed by atoms with Crippen LogP contribution in [0.4, 0.5) is 0 Å². The van der Waals surface area contributed by atoms with Crippen LogP contribution in [0.1, 0.15) is 72.6 Å². The third-order valence-corrected chi connectivity index (χ3v) is 7.07. The standard InChI is InChI=1S/C20H34O3/c1-14(10-13-21)9-12-19(3)15(2)7-8-17-16(19)6-5-11-20(17,4)18(22)23/h8,14-16,21H,5-7,9-13H2,1-4H3,(H,22,23)/t14-,15-,16+,19+,20+/m0/s1. The van der Waals surface area contributed by atoms with Crippen molar-refractivity contribution in [2.45, 2.75) is 72.6 Å². The van der Waals surface area contributed by atoms with Crippen LogP contribution < -0.4 is 0 Å². The lowest BCUT2D eigenvalue weighted by Crippen LogP contribution is -2.47. The van der Waals surface area contributed by atoms with E-state index in [9.17, 15) is 9.90 Å². The first kappa shape index (κ1) is 18.5. The predicted octanol–water partition coefficient (Wildman–Crippen LogP) is 4.65. The number of carboxylic acid groups (broad SMARTS) is 1. The van der Waals surface area contributed by atoms with Crippen LogP contribution in [0.2, 0.25) is 0 Å². The van der Waals surface area contributed by atoms with Gasteiger partial charge in [-0.25, -0.2) is 0 Å². The molecule has 1 fully saturated rings. The molecule has 2 rings (SSSR count). The Morgan fingerprint density at radius 1 is 1.39 bits per heavy atom. The van der Waals surface area contributed by atoms with E-state index in [1.165, 1.54) is 5.57 Å². The Hall–Kier alpha value is -0.830. The summed E-state index contributed by atoms with van der Waals surface area (Å²) < 4.78 is 0. The van der Waals surface area contributed by atoms with E-state index in [0.717, 1.165) is 44.9 Å². The lowest BCUT2D eigenvalue weighted by molar-refractivity contribution is -0.148. The average molecular weight is 322 g/mol. The van der Waals surface area contributed by atoms with E-state index in [1.807, 2.05) is 6.92 Å². The minimum atomic E-state index is -0.666. The molecule has 2 aliphatic rings. The van der Waals surface area contributed by atoms with E-state index in [1.54, 1.807) is 0 Å². The van der Waals surface area contributed by atoms with Crippen molar-refractivity contribution >= 4 is 5.97 Å². The molecule has 0 aromatic carbocycles. The minimum Gasteiger partial charge on any atom is -0.481 e. The molecule has 0 spiro atoms. The molecule has 132 valence electrons. The number of aliphatic hydroxyl groups excluding tert-OH is 1. The van der Waals surface area contributed by atoms with E-state index >= 15 is 0 Å². The molecule has 1 saturated carbocycles. The largest absolute Gasteiger partial charge is 0.481 e. The summed E-state index contributed by atoms with van der Waals surface area (Å²) in [7, 11) is 0. The molecule has 0 radical (unpaired) electrons. The van der Waals surface area contributed by atoms with Gasteiger partial charge in [-0.2, -0.15) is 0 Å². The molecule has 0 amide bonds. The van der Waals surface area contributed by atoms with E-state index in [-0.39, 0.29) is 12.0 Å². The molecular formula is C20H34O3. The molecule has 0 aliphatic heterocycles. The summed E-state index contributed by atoms with van der Waals surface area (Å²) in [6, 6.07) is 0. The molecule has 3 heteroatoms. The molecule has 0 bridgehead atoms. The van der Waals surface area contributed by atoms with Gasteiger partial charge >= 0.3 is 5.97 Å². The van der Waals surface area contributed by atoms with Gasteiger partial charge in [-0.3, -0.25) is 4.79 Å². The van der Waals surface area contributed by atoms with Crippen LogP contribution in [0, 0.1) is 28.6 Å². The molecule has 0 saturated heterocycles. The lowest BCUT2D eigenvalue weighted by atomic mass is 9.51. The molecule has 2 aliphatic carbocycles. The summed E-state index contributed by atoms with van der Waals surface area (Å²) in [5.74, 6) is 0.878. The van der Waals surface area contributed by atoms with Crippen molar-refractivity contribution in [1.82, 2.24) is 0 Å². The SMILES string of the molecule is C[C@H](CCO)CC[C@@]1(C)[C@@H]2CCC[C@@](C)(C(=O)O)C2=CC[C@@H]1C. The predicted molar refractivity (Wildman–Crippen MR) is 93.2 cm³/mol. The zero-order chi connectivity index (χ0) is 17.3. The van der Waals surface area contributed by atoms with Crippen molar-refractivity contribution in [3.8, 4) is 0 Å². The zero-order valence-corrected chi connectivity index (χ0v) is 15.3. The minimum absolute atomic E-state index is 0.185. The third-order valence-electron chi connectivity index (χ3n) is 7.07. The lowest BCUT2D eigenvalue weighted by Gasteiger charge is -2.53. The van der Waals surface area contributed by atoms with Crippen LogP contribution in [-0.2, 0) is 4.79 Å². The van der Waals surface area contributed by atoms with Crippen molar-refractivity contribution in [3.63, 3.8) is 0 Å². The van der Waals surface area contributed by atoms with Crippen LogP contribution in [0.15, 0.2) is 11.6 Å². The number of allylic oxidation sites excluding steroid dienone is 1. The summed E-state index contributed by atoms with van der Waals surface area (Å²) in [6.45, 7) is 9.12. The highest BCUT2D eigenvalue weighted by atomic mass is 16.4. The van der Waals surface area contributed by atoms with E-state index in [4.69, 9.17) is 5.11 Å². The highest BCUT2D eigenvalue weighted by Gasteiger charge is 2.52. The summed E-state index contributed by atoms with van der Waals surface area (Å²) in [4.78, 5) is 11.9. The molecule has 2 N–H and O–H groups in total. The number of hydrogen-bond acceptors (Lipinski definition) is 2. The molecule has 0 unspecified atom stereocenters. The van der Waals surface area contributed by atoms with Crippen LogP contribution in [-0.4, -0.2) is 22.8 Å². The third kappa shape index (κ3) is 3.35. The Kier molecular flexibility index (Phi) is 5.60. The van der Waals surface area contributed by atoms with Crippen molar-refractivity contribution in [2.75, 3.05) is 6.61 Å². The van der Waals surface area contributed by atoms with Gasteiger partial charge in [0.15, 0.2) is 0 Å². The fourth-order valence-electron chi connectivity index (χ4n) is 4.89. The molecule has 0 aromatic heterocycles. The first-order valence-corrected chi connectivity index (χ1v) is 9.30. The van der Waals surface area contributed by atoms with Gasteiger partial charge in [0.05, 0.1) is 5.41 Å². The zero-order valence-electron chi connectivity index (χ0n) is 15.3. The van der Waals surface area contributed by atoms with Crippen molar-refractivity contribution < 1.29 is 15.0 Å². The van der Waals surface area contributed by atoms with Crippen LogP contribution in [0.3, 0.4) is 0 Å². The molecule has 5 atom stereocenters. The van der Waals surface area contributed by atoms with Gasteiger partial charge in [-0.1, -0.05) is 45.3 Å². The Morgan fingerprint density at radius 2 is 2.09 bits per heavy atom. The Bertz CT molecular complexity index is 470. The van der Waals surface area contributed by atoms with Gasteiger partial charge in [0.25, 0.3) is 0 Å². The smallest absolute Gasteiger partial charge is 0.313 e. The second-order valence-corrected chi connectivity index (χ2v) is 8.54. The number of hydrogen-bond donors (Lipinski definition) is 2. The first-order valence-electron chi connectivity index (χ1n) is 9.30. The normalized spacial score (nSPS) is 38.6. The topological polar surface area (TPSA) is 57.5 Å².